The first-order valence-corrected chi connectivity index (χ1v) is 5.09. The summed E-state index contributed by atoms with van der Waals surface area (Å²) in [4.78, 5) is 11.3. The van der Waals surface area contributed by atoms with Gasteiger partial charge >= 0.3 is 0 Å². The van der Waals surface area contributed by atoms with Gasteiger partial charge in [0.1, 0.15) is 11.6 Å². The van der Waals surface area contributed by atoms with Crippen LogP contribution in [0.3, 0.4) is 0 Å². The molecule has 4 heteroatoms. The van der Waals surface area contributed by atoms with Crippen LogP contribution in [-0.2, 0) is 11.2 Å². The maximum absolute atomic E-state index is 13.0. The van der Waals surface area contributed by atoms with E-state index in [4.69, 9.17) is 5.73 Å². The molecule has 0 saturated carbocycles. The zero-order valence-electron chi connectivity index (χ0n) is 7.59. The van der Waals surface area contributed by atoms with Crippen molar-refractivity contribution in [2.45, 2.75) is 12.8 Å². The molecule has 0 unspecified atom stereocenters. The van der Waals surface area contributed by atoms with Crippen molar-refractivity contribution in [2.75, 3.05) is 6.54 Å². The monoisotopic (exact) mass is 259 g/mol. The molecule has 2 N–H and O–H groups in total. The minimum Gasteiger partial charge on any atom is -0.330 e. The largest absolute Gasteiger partial charge is 0.330 e. The van der Waals surface area contributed by atoms with E-state index in [0.717, 1.165) is 0 Å². The van der Waals surface area contributed by atoms with Gasteiger partial charge in [0.05, 0.1) is 4.47 Å². The van der Waals surface area contributed by atoms with Crippen LogP contribution >= 0.6 is 15.9 Å². The van der Waals surface area contributed by atoms with Crippen LogP contribution in [0.5, 0.6) is 0 Å². The second-order valence-corrected chi connectivity index (χ2v) is 3.76. The standard InChI is InChI=1S/C10H11BrFNO/c11-10-7(2-1-3-9(10)12)6-8(14)4-5-13/h1-3H,4-6,13H2. The van der Waals surface area contributed by atoms with E-state index in [1.807, 2.05) is 0 Å². The lowest BCUT2D eigenvalue weighted by atomic mass is 10.1. The van der Waals surface area contributed by atoms with Crippen LogP contribution in [0.1, 0.15) is 12.0 Å². The summed E-state index contributed by atoms with van der Waals surface area (Å²) in [6.45, 7) is 0.339. The third-order valence-corrected chi connectivity index (χ3v) is 2.73. The Morgan fingerprint density at radius 1 is 1.50 bits per heavy atom. The highest BCUT2D eigenvalue weighted by Crippen LogP contribution is 2.21. The van der Waals surface area contributed by atoms with Gasteiger partial charge in [0, 0.05) is 12.8 Å². The van der Waals surface area contributed by atoms with E-state index in [9.17, 15) is 9.18 Å². The molecule has 0 radical (unpaired) electrons. The highest BCUT2D eigenvalue weighted by Gasteiger charge is 2.08. The molecular weight excluding hydrogens is 249 g/mol. The van der Waals surface area contributed by atoms with Gasteiger partial charge in [0.25, 0.3) is 0 Å². The number of rotatable bonds is 4. The fourth-order valence-electron chi connectivity index (χ4n) is 1.15. The fraction of sp³-hybridized carbons (Fsp3) is 0.300. The smallest absolute Gasteiger partial charge is 0.138 e. The average molecular weight is 260 g/mol. The molecule has 1 aromatic carbocycles. The van der Waals surface area contributed by atoms with E-state index in [-0.39, 0.29) is 18.0 Å². The molecule has 0 aliphatic carbocycles. The first-order valence-electron chi connectivity index (χ1n) is 4.30. The molecule has 1 aromatic rings. The predicted molar refractivity (Wildman–Crippen MR) is 56.5 cm³/mol. The number of nitrogens with two attached hydrogens (primary N) is 1. The van der Waals surface area contributed by atoms with Gasteiger partial charge in [-0.2, -0.15) is 0 Å². The summed E-state index contributed by atoms with van der Waals surface area (Å²) in [5, 5.41) is 0. The summed E-state index contributed by atoms with van der Waals surface area (Å²) in [6.07, 6.45) is 0.568. The first-order chi connectivity index (χ1) is 6.65. The van der Waals surface area contributed by atoms with E-state index in [1.54, 1.807) is 12.1 Å². The normalized spacial score (nSPS) is 10.2. The van der Waals surface area contributed by atoms with Crippen LogP contribution in [-0.4, -0.2) is 12.3 Å². The van der Waals surface area contributed by atoms with Crippen molar-refractivity contribution in [2.24, 2.45) is 5.73 Å². The number of benzene rings is 1. The average Bonchev–Trinajstić information content (AvgIpc) is 2.13. The molecule has 0 heterocycles. The molecule has 2 nitrogen and oxygen atoms in total. The zero-order valence-corrected chi connectivity index (χ0v) is 9.18. The van der Waals surface area contributed by atoms with Gasteiger partial charge in [0.15, 0.2) is 0 Å². The number of Topliss-reactive ketones (excluding diaryl/α,β-unsaturated/α-hetero) is 1. The molecule has 0 atom stereocenters. The van der Waals surface area contributed by atoms with Crippen LogP contribution in [0.25, 0.3) is 0 Å². The lowest BCUT2D eigenvalue weighted by Gasteiger charge is -2.03. The summed E-state index contributed by atoms with van der Waals surface area (Å²) in [5.74, 6) is -0.318. The Morgan fingerprint density at radius 3 is 2.86 bits per heavy atom. The number of hydrogen-bond donors (Lipinski definition) is 1. The van der Waals surface area contributed by atoms with Crippen LogP contribution < -0.4 is 5.73 Å². The molecular formula is C10H11BrFNO. The van der Waals surface area contributed by atoms with Gasteiger partial charge in [-0.25, -0.2) is 4.39 Å². The number of hydrogen-bond acceptors (Lipinski definition) is 2. The number of carbonyl (C=O) groups is 1. The van der Waals surface area contributed by atoms with Gasteiger partial charge in [-0.05, 0) is 34.1 Å². The first kappa shape index (κ1) is 11.3. The van der Waals surface area contributed by atoms with Crippen molar-refractivity contribution in [3.8, 4) is 0 Å². The Labute approximate surface area is 90.4 Å². The van der Waals surface area contributed by atoms with Gasteiger partial charge in [0.2, 0.25) is 0 Å². The van der Waals surface area contributed by atoms with E-state index in [2.05, 4.69) is 15.9 Å². The summed E-state index contributed by atoms with van der Waals surface area (Å²) in [6, 6.07) is 4.66. The SMILES string of the molecule is NCCC(=O)Cc1cccc(F)c1Br. The minimum atomic E-state index is -0.344. The Kier molecular flexibility index (Phi) is 4.22. The zero-order chi connectivity index (χ0) is 10.6. The maximum atomic E-state index is 13.0. The molecule has 1 rings (SSSR count). The highest BCUT2D eigenvalue weighted by molar-refractivity contribution is 9.10. The Hall–Kier alpha value is -0.740. The highest BCUT2D eigenvalue weighted by atomic mass is 79.9. The third-order valence-electron chi connectivity index (χ3n) is 1.84. The van der Waals surface area contributed by atoms with E-state index >= 15 is 0 Å². The van der Waals surface area contributed by atoms with Crippen molar-refractivity contribution in [1.82, 2.24) is 0 Å². The third kappa shape index (κ3) is 2.89. The molecule has 14 heavy (non-hydrogen) atoms. The summed E-state index contributed by atoms with van der Waals surface area (Å²) in [5.41, 5.74) is 5.91. The second-order valence-electron chi connectivity index (χ2n) is 2.97. The van der Waals surface area contributed by atoms with Crippen molar-refractivity contribution in [1.29, 1.82) is 0 Å². The van der Waals surface area contributed by atoms with Crippen LogP contribution in [0.4, 0.5) is 4.39 Å². The predicted octanol–water partition coefficient (Wildman–Crippen LogP) is 2.05. The van der Waals surface area contributed by atoms with E-state index in [1.165, 1.54) is 6.07 Å². The van der Waals surface area contributed by atoms with E-state index < -0.39 is 0 Å². The summed E-state index contributed by atoms with van der Waals surface area (Å²) < 4.78 is 13.4. The van der Waals surface area contributed by atoms with Crippen molar-refractivity contribution in [3.05, 3.63) is 34.1 Å². The number of carbonyl (C=O) groups excluding carboxylic acids is 1. The molecule has 0 bridgehead atoms. The van der Waals surface area contributed by atoms with Gasteiger partial charge in [-0.1, -0.05) is 12.1 Å². The fourth-order valence-corrected chi connectivity index (χ4v) is 1.55. The van der Waals surface area contributed by atoms with Crippen LogP contribution in [0.15, 0.2) is 22.7 Å². The van der Waals surface area contributed by atoms with Gasteiger partial charge in [-0.15, -0.1) is 0 Å². The molecule has 0 amide bonds. The maximum Gasteiger partial charge on any atom is 0.138 e. The number of halogens is 2. The molecule has 0 fully saturated rings. The Morgan fingerprint density at radius 2 is 2.21 bits per heavy atom. The lowest BCUT2D eigenvalue weighted by Crippen LogP contribution is -2.10. The van der Waals surface area contributed by atoms with Crippen LogP contribution in [0.2, 0.25) is 0 Å². The lowest BCUT2D eigenvalue weighted by molar-refractivity contribution is -0.118. The van der Waals surface area contributed by atoms with Crippen molar-refractivity contribution < 1.29 is 9.18 Å². The second kappa shape index (κ2) is 5.22. The summed E-state index contributed by atoms with van der Waals surface area (Å²) >= 11 is 3.10. The van der Waals surface area contributed by atoms with Gasteiger partial charge in [-0.3, -0.25) is 4.79 Å². The number of ketones is 1. The van der Waals surface area contributed by atoms with Crippen LogP contribution in [0, 0.1) is 5.82 Å². The molecule has 0 saturated heterocycles. The minimum absolute atomic E-state index is 0.0267. The van der Waals surface area contributed by atoms with Crippen molar-refractivity contribution >= 4 is 21.7 Å². The molecule has 0 aliphatic heterocycles. The molecule has 76 valence electrons. The quantitative estimate of drug-likeness (QED) is 0.900. The Balaban J connectivity index is 2.76. The topological polar surface area (TPSA) is 43.1 Å². The van der Waals surface area contributed by atoms with Gasteiger partial charge < -0.3 is 5.73 Å². The molecule has 0 aromatic heterocycles. The molecule has 0 aliphatic rings. The summed E-state index contributed by atoms with van der Waals surface area (Å²) in [7, 11) is 0. The van der Waals surface area contributed by atoms with Crippen molar-refractivity contribution in [3.63, 3.8) is 0 Å². The molecule has 0 spiro atoms. The van der Waals surface area contributed by atoms with E-state index in [0.29, 0.717) is 23.0 Å². The Bertz CT molecular complexity index is 341.